The van der Waals surface area contributed by atoms with E-state index in [0.29, 0.717) is 12.8 Å². The van der Waals surface area contributed by atoms with Crippen LogP contribution in [0.2, 0.25) is 0 Å². The molecule has 2 fully saturated rings. The van der Waals surface area contributed by atoms with Crippen LogP contribution in [0, 0.1) is 0 Å². The maximum absolute atomic E-state index is 11.9. The monoisotopic (exact) mass is 349 g/mol. The van der Waals surface area contributed by atoms with Crippen LogP contribution in [0.4, 0.5) is 0 Å². The number of hydrogen-bond acceptors (Lipinski definition) is 8. The van der Waals surface area contributed by atoms with Crippen molar-refractivity contribution in [3.05, 3.63) is 0 Å². The predicted molar refractivity (Wildman–Crippen MR) is 80.7 cm³/mol. The van der Waals surface area contributed by atoms with Gasteiger partial charge in [-0.15, -0.1) is 0 Å². The van der Waals surface area contributed by atoms with Crippen LogP contribution in [0.5, 0.6) is 0 Å². The zero-order valence-corrected chi connectivity index (χ0v) is 13.9. The Morgan fingerprint density at radius 1 is 1.21 bits per heavy atom. The number of likely N-dealkylation sites (tertiary alicyclic amines) is 1. The first kappa shape index (κ1) is 19.5. The minimum absolute atomic E-state index is 0.0825. The molecule has 0 bridgehead atoms. The molecular weight excluding hydrogens is 322 g/mol. The second-order valence-electron chi connectivity index (χ2n) is 6.39. The normalized spacial score (nSPS) is 43.2. The van der Waals surface area contributed by atoms with Gasteiger partial charge in [0, 0.05) is 13.0 Å². The third-order valence-electron chi connectivity index (χ3n) is 4.82. The molecule has 2 heterocycles. The second-order valence-corrected chi connectivity index (χ2v) is 6.39. The van der Waals surface area contributed by atoms with Crippen LogP contribution in [0.1, 0.15) is 26.7 Å². The predicted octanol–water partition coefficient (Wildman–Crippen LogP) is -2.44. The van der Waals surface area contributed by atoms with Gasteiger partial charge in [-0.1, -0.05) is 6.92 Å². The van der Waals surface area contributed by atoms with Gasteiger partial charge in [0.1, 0.15) is 24.4 Å². The molecule has 0 saturated carbocycles. The smallest absolute Gasteiger partial charge is 0.220 e. The first-order valence-corrected chi connectivity index (χ1v) is 8.20. The first-order chi connectivity index (χ1) is 11.3. The van der Waals surface area contributed by atoms with Crippen molar-refractivity contribution in [2.24, 2.45) is 0 Å². The Labute approximate surface area is 140 Å². The van der Waals surface area contributed by atoms with Crippen LogP contribution in [-0.4, -0.2) is 98.4 Å². The maximum atomic E-state index is 11.9. The molecule has 8 atom stereocenters. The summed E-state index contributed by atoms with van der Waals surface area (Å²) in [5, 5.41) is 48.8. The molecule has 1 amide bonds. The van der Waals surface area contributed by atoms with Crippen LogP contribution in [-0.2, 0) is 14.3 Å². The summed E-state index contributed by atoms with van der Waals surface area (Å²) < 4.78 is 10.7. The molecule has 0 spiro atoms. The largest absolute Gasteiger partial charge is 0.394 e. The number of carbonyl (C=O) groups excluding carboxylic acids is 1. The van der Waals surface area contributed by atoms with E-state index >= 15 is 0 Å². The SMILES string of the molecule is CCC1CC(O)C(COC2OC(CO)C(O)C(O)C2O)N1C(C)=O. The average Bonchev–Trinajstić information content (AvgIpc) is 2.88. The lowest BCUT2D eigenvalue weighted by Crippen LogP contribution is -2.59. The molecule has 9 heteroatoms. The molecule has 2 aliphatic rings. The lowest BCUT2D eigenvalue weighted by molar-refractivity contribution is -0.303. The number of nitrogens with zero attached hydrogens (tertiary/aromatic N) is 1. The second kappa shape index (κ2) is 8.05. The van der Waals surface area contributed by atoms with Crippen molar-refractivity contribution in [3.8, 4) is 0 Å². The summed E-state index contributed by atoms with van der Waals surface area (Å²) in [6, 6.07) is -0.666. The third-order valence-corrected chi connectivity index (χ3v) is 4.82. The van der Waals surface area contributed by atoms with Crippen LogP contribution in [0.25, 0.3) is 0 Å². The fraction of sp³-hybridized carbons (Fsp3) is 0.933. The highest BCUT2D eigenvalue weighted by atomic mass is 16.7. The summed E-state index contributed by atoms with van der Waals surface area (Å²) in [5.74, 6) is -0.180. The Balaban J connectivity index is 2.02. The quantitative estimate of drug-likeness (QED) is 0.369. The highest BCUT2D eigenvalue weighted by molar-refractivity contribution is 5.74. The van der Waals surface area contributed by atoms with Crippen LogP contribution >= 0.6 is 0 Å². The maximum Gasteiger partial charge on any atom is 0.220 e. The van der Waals surface area contributed by atoms with Crippen LogP contribution in [0.3, 0.4) is 0 Å². The van der Waals surface area contributed by atoms with E-state index in [9.17, 15) is 25.2 Å². The fourth-order valence-corrected chi connectivity index (χ4v) is 3.45. The summed E-state index contributed by atoms with van der Waals surface area (Å²) in [6.45, 7) is 2.70. The Hall–Kier alpha value is -0.810. The summed E-state index contributed by atoms with van der Waals surface area (Å²) in [7, 11) is 0. The number of hydrogen-bond donors (Lipinski definition) is 5. The van der Waals surface area contributed by atoms with Crippen molar-refractivity contribution in [1.82, 2.24) is 4.90 Å². The Morgan fingerprint density at radius 3 is 2.42 bits per heavy atom. The number of aliphatic hydroxyl groups excluding tert-OH is 5. The minimum Gasteiger partial charge on any atom is -0.394 e. The molecule has 2 saturated heterocycles. The standard InChI is InChI=1S/C15H27NO8/c1-3-8-4-10(19)9(16(8)7(2)18)6-23-15-14(22)13(21)12(20)11(5-17)24-15/h8-15,17,19-22H,3-6H2,1-2H3. The zero-order valence-electron chi connectivity index (χ0n) is 13.9. The molecule has 2 aliphatic heterocycles. The van der Waals surface area contributed by atoms with Crippen molar-refractivity contribution in [3.63, 3.8) is 0 Å². The van der Waals surface area contributed by atoms with E-state index in [2.05, 4.69) is 0 Å². The van der Waals surface area contributed by atoms with E-state index in [1.54, 1.807) is 4.90 Å². The zero-order chi connectivity index (χ0) is 18.0. The lowest BCUT2D eigenvalue weighted by atomic mass is 9.99. The van der Waals surface area contributed by atoms with E-state index in [1.807, 2.05) is 6.92 Å². The van der Waals surface area contributed by atoms with Gasteiger partial charge in [0.15, 0.2) is 6.29 Å². The molecule has 9 nitrogen and oxygen atoms in total. The molecule has 0 aromatic carbocycles. The number of carbonyl (C=O) groups is 1. The van der Waals surface area contributed by atoms with Gasteiger partial charge in [0.2, 0.25) is 5.91 Å². The molecule has 2 rings (SSSR count). The van der Waals surface area contributed by atoms with Gasteiger partial charge < -0.3 is 39.9 Å². The van der Waals surface area contributed by atoms with E-state index in [-0.39, 0.29) is 18.6 Å². The van der Waals surface area contributed by atoms with Crippen LogP contribution < -0.4 is 0 Å². The topological polar surface area (TPSA) is 140 Å². The summed E-state index contributed by atoms with van der Waals surface area (Å²) in [6.07, 6.45) is -6.44. The van der Waals surface area contributed by atoms with E-state index in [4.69, 9.17) is 14.6 Å². The van der Waals surface area contributed by atoms with Crippen molar-refractivity contribution in [1.29, 1.82) is 0 Å². The van der Waals surface area contributed by atoms with Gasteiger partial charge in [-0.2, -0.15) is 0 Å². The van der Waals surface area contributed by atoms with Gasteiger partial charge in [0.05, 0.1) is 25.4 Å². The van der Waals surface area contributed by atoms with Gasteiger partial charge in [0.25, 0.3) is 0 Å². The Kier molecular flexibility index (Phi) is 6.54. The summed E-state index contributed by atoms with van der Waals surface area (Å²) >= 11 is 0. The molecule has 5 N–H and O–H groups in total. The number of aliphatic hydroxyl groups is 5. The summed E-state index contributed by atoms with van der Waals surface area (Å²) in [5.41, 5.74) is 0. The molecule has 24 heavy (non-hydrogen) atoms. The Morgan fingerprint density at radius 2 is 1.88 bits per heavy atom. The van der Waals surface area contributed by atoms with E-state index < -0.39 is 49.5 Å². The molecule has 0 aromatic rings. The van der Waals surface area contributed by atoms with Crippen molar-refractivity contribution >= 4 is 5.91 Å². The number of ether oxygens (including phenoxy) is 2. The van der Waals surface area contributed by atoms with Gasteiger partial charge in [-0.25, -0.2) is 0 Å². The lowest BCUT2D eigenvalue weighted by Gasteiger charge is -2.40. The highest BCUT2D eigenvalue weighted by Crippen LogP contribution is 2.29. The molecular formula is C15H27NO8. The van der Waals surface area contributed by atoms with Crippen molar-refractivity contribution in [2.75, 3.05) is 13.2 Å². The molecule has 0 aromatic heterocycles. The molecule has 0 radical (unpaired) electrons. The van der Waals surface area contributed by atoms with E-state index in [0.717, 1.165) is 0 Å². The molecule has 0 aliphatic carbocycles. The molecule has 140 valence electrons. The average molecular weight is 349 g/mol. The Bertz CT molecular complexity index is 434. The molecule has 8 unspecified atom stereocenters. The minimum atomic E-state index is -1.53. The van der Waals surface area contributed by atoms with Crippen molar-refractivity contribution in [2.45, 2.75) is 75.6 Å². The van der Waals surface area contributed by atoms with Crippen LogP contribution in [0.15, 0.2) is 0 Å². The van der Waals surface area contributed by atoms with E-state index in [1.165, 1.54) is 6.92 Å². The summed E-state index contributed by atoms with van der Waals surface area (Å²) in [4.78, 5) is 13.4. The van der Waals surface area contributed by atoms with Gasteiger partial charge in [-0.05, 0) is 12.8 Å². The van der Waals surface area contributed by atoms with Crippen molar-refractivity contribution < 1.29 is 39.8 Å². The fourth-order valence-electron chi connectivity index (χ4n) is 3.45. The van der Waals surface area contributed by atoms with Gasteiger partial charge in [-0.3, -0.25) is 4.79 Å². The number of amides is 1. The third kappa shape index (κ3) is 3.72. The number of rotatable bonds is 5. The highest BCUT2D eigenvalue weighted by Gasteiger charge is 2.46. The van der Waals surface area contributed by atoms with Gasteiger partial charge >= 0.3 is 0 Å². The first-order valence-electron chi connectivity index (χ1n) is 8.20.